The number of nitrogens with one attached hydrogen (secondary N) is 2. The summed E-state index contributed by atoms with van der Waals surface area (Å²) in [5.74, 6) is 1.34. The third kappa shape index (κ3) is 4.58. The third-order valence-corrected chi connectivity index (χ3v) is 5.42. The zero-order chi connectivity index (χ0) is 23.7. The highest BCUT2D eigenvalue weighted by Crippen LogP contribution is 2.32. The van der Waals surface area contributed by atoms with Crippen LogP contribution in [0.4, 0.5) is 39.3 Å². The van der Waals surface area contributed by atoms with Crippen LogP contribution >= 0.6 is 0 Å². The maximum absolute atomic E-state index is 14.4. The number of hydrogen-bond donors (Lipinski definition) is 3. The molecule has 2 aliphatic rings. The van der Waals surface area contributed by atoms with Crippen molar-refractivity contribution in [2.45, 2.75) is 19.4 Å². The number of hydrogen-bond acceptors (Lipinski definition) is 9. The van der Waals surface area contributed by atoms with E-state index in [1.54, 1.807) is 32.2 Å². The Hall–Kier alpha value is -3.90. The van der Waals surface area contributed by atoms with Crippen molar-refractivity contribution in [1.29, 1.82) is 0 Å². The number of pyridine rings is 2. The quantitative estimate of drug-likeness (QED) is 0.512. The van der Waals surface area contributed by atoms with Gasteiger partial charge in [0.05, 0.1) is 31.3 Å². The van der Waals surface area contributed by atoms with Gasteiger partial charge in [-0.15, -0.1) is 0 Å². The predicted octanol–water partition coefficient (Wildman–Crippen LogP) is 1.62. The molecule has 1 amide bonds. The predicted molar refractivity (Wildman–Crippen MR) is 121 cm³/mol. The maximum atomic E-state index is 14.4. The highest BCUT2D eigenvalue weighted by atomic mass is 19.1. The molecule has 0 atom stereocenters. The molecule has 0 spiro atoms. The minimum atomic E-state index is -0.992. The molecule has 5 heterocycles. The minimum Gasteiger partial charge on any atom is -0.474 e. The van der Waals surface area contributed by atoms with Gasteiger partial charge in [0.2, 0.25) is 17.6 Å². The molecule has 4 N–H and O–H groups in total. The van der Waals surface area contributed by atoms with Crippen LogP contribution in [0.5, 0.6) is 5.75 Å². The van der Waals surface area contributed by atoms with Gasteiger partial charge in [0.15, 0.2) is 17.2 Å². The van der Waals surface area contributed by atoms with Gasteiger partial charge in [0, 0.05) is 19.2 Å². The van der Waals surface area contributed by atoms with Gasteiger partial charge in [0.1, 0.15) is 5.82 Å². The van der Waals surface area contributed by atoms with Crippen LogP contribution in [0.2, 0.25) is 0 Å². The second kappa shape index (κ2) is 8.80. The largest absolute Gasteiger partial charge is 0.474 e. The molecule has 11 nitrogen and oxygen atoms in total. The van der Waals surface area contributed by atoms with E-state index in [-0.39, 0.29) is 23.5 Å². The number of rotatable bonds is 5. The number of morpholine rings is 1. The maximum Gasteiger partial charge on any atom is 0.272 e. The van der Waals surface area contributed by atoms with Crippen molar-refractivity contribution < 1.29 is 24.0 Å². The van der Waals surface area contributed by atoms with Crippen molar-refractivity contribution in [1.82, 2.24) is 19.9 Å². The summed E-state index contributed by atoms with van der Waals surface area (Å²) < 4.78 is 25.5. The summed E-state index contributed by atoms with van der Waals surface area (Å²) in [5.41, 5.74) is -0.321. The number of nitrogens with zero attached hydrogens (tertiary/aromatic N) is 5. The molecule has 12 heteroatoms. The number of amides is 1. The molecule has 0 radical (unpaired) electrons. The summed E-state index contributed by atoms with van der Waals surface area (Å²) >= 11 is 0. The van der Waals surface area contributed by atoms with Crippen LogP contribution in [0, 0.1) is 5.82 Å². The van der Waals surface area contributed by atoms with Gasteiger partial charge >= 0.3 is 0 Å². The number of carbonyl (C=O) groups is 1. The van der Waals surface area contributed by atoms with E-state index in [0.29, 0.717) is 30.5 Å². The molecule has 0 saturated carbocycles. The molecule has 0 aromatic carbocycles. The topological polar surface area (TPSA) is 131 Å². The number of ether oxygens (including phenoxy) is 2. The van der Waals surface area contributed by atoms with Crippen LogP contribution in [-0.2, 0) is 9.53 Å². The number of fused-ring (bicyclic) bond motifs is 1. The zero-order valence-corrected chi connectivity index (χ0v) is 18.7. The molecule has 1 saturated heterocycles. The SMILES string of the molecule is CC1(C)Oc2ccc([NH2+]c3nc(Nc4ccc(N5CCOCC5)nc4)ncc3F)nc2NC1=O. The van der Waals surface area contributed by atoms with Gasteiger partial charge in [0.25, 0.3) is 11.7 Å². The molecule has 5 rings (SSSR count). The first-order chi connectivity index (χ1) is 16.4. The van der Waals surface area contributed by atoms with E-state index in [4.69, 9.17) is 9.47 Å². The second-order valence-electron chi connectivity index (χ2n) is 8.35. The third-order valence-electron chi connectivity index (χ3n) is 5.42. The summed E-state index contributed by atoms with van der Waals surface area (Å²) in [5, 5.41) is 7.22. The van der Waals surface area contributed by atoms with Crippen molar-refractivity contribution in [3.05, 3.63) is 42.5 Å². The fourth-order valence-corrected chi connectivity index (χ4v) is 3.54. The lowest BCUT2D eigenvalue weighted by molar-refractivity contribution is -0.489. The van der Waals surface area contributed by atoms with Crippen molar-refractivity contribution in [2.75, 3.05) is 41.8 Å². The smallest absolute Gasteiger partial charge is 0.272 e. The lowest BCUT2D eigenvalue weighted by atomic mass is 10.1. The molecule has 2 aliphatic heterocycles. The Kier molecular flexibility index (Phi) is 5.67. The van der Waals surface area contributed by atoms with Gasteiger partial charge in [-0.3, -0.25) is 4.79 Å². The highest BCUT2D eigenvalue weighted by Gasteiger charge is 2.36. The van der Waals surface area contributed by atoms with E-state index >= 15 is 0 Å². The zero-order valence-electron chi connectivity index (χ0n) is 18.7. The van der Waals surface area contributed by atoms with E-state index in [1.165, 1.54) is 5.32 Å². The molecule has 0 unspecified atom stereocenters. The molecule has 176 valence electrons. The van der Waals surface area contributed by atoms with Crippen LogP contribution in [0.3, 0.4) is 0 Å². The van der Waals surface area contributed by atoms with Gasteiger partial charge in [-0.1, -0.05) is 0 Å². The van der Waals surface area contributed by atoms with Gasteiger partial charge in [-0.05, 0) is 32.0 Å². The first kappa shape index (κ1) is 21.9. The Morgan fingerprint density at radius 3 is 2.71 bits per heavy atom. The molecule has 34 heavy (non-hydrogen) atoms. The summed E-state index contributed by atoms with van der Waals surface area (Å²) in [4.78, 5) is 31.4. The first-order valence-electron chi connectivity index (χ1n) is 10.8. The summed E-state index contributed by atoms with van der Waals surface area (Å²) in [7, 11) is 0. The number of aromatic nitrogens is 4. The normalized spacial score (nSPS) is 16.9. The van der Waals surface area contributed by atoms with Gasteiger partial charge in [-0.25, -0.2) is 15.3 Å². The molecular weight excluding hydrogens is 443 g/mol. The Balaban J connectivity index is 1.30. The Morgan fingerprint density at radius 2 is 1.94 bits per heavy atom. The molecular formula is C22H24FN8O3+. The average Bonchev–Trinajstić information content (AvgIpc) is 2.83. The lowest BCUT2D eigenvalue weighted by Gasteiger charge is -2.30. The van der Waals surface area contributed by atoms with Crippen molar-refractivity contribution in [3.8, 4) is 5.75 Å². The van der Waals surface area contributed by atoms with Crippen LogP contribution in [-0.4, -0.2) is 57.7 Å². The van der Waals surface area contributed by atoms with E-state index in [1.807, 2.05) is 12.1 Å². The highest BCUT2D eigenvalue weighted by molar-refractivity contribution is 5.99. The lowest BCUT2D eigenvalue weighted by Crippen LogP contribution is -2.72. The molecule has 1 fully saturated rings. The minimum absolute atomic E-state index is 0.0474. The molecule has 0 aliphatic carbocycles. The Morgan fingerprint density at radius 1 is 1.12 bits per heavy atom. The van der Waals surface area contributed by atoms with Crippen molar-refractivity contribution >= 4 is 40.8 Å². The van der Waals surface area contributed by atoms with Crippen LogP contribution in [0.1, 0.15) is 13.8 Å². The summed E-state index contributed by atoms with van der Waals surface area (Å²) in [6, 6.07) is 7.10. The number of quaternary nitrogens is 1. The van der Waals surface area contributed by atoms with E-state index in [9.17, 15) is 9.18 Å². The molecule has 3 aromatic heterocycles. The molecule has 0 bridgehead atoms. The molecule has 3 aromatic rings. The number of carbonyl (C=O) groups excluding carboxylic acids is 1. The Bertz CT molecular complexity index is 1220. The standard InChI is InChI=1S/C22H23FN8O3/c1-22(2)20(32)29-19-15(34-22)4-5-16(28-19)27-18-14(23)12-25-21(30-18)26-13-3-6-17(24-11-13)31-7-9-33-10-8-31/h3-6,11-12H,7-10H2,1-2H3,(H3,25,26,27,28,29,30,32)/p+1. The fraction of sp³-hybridized carbons (Fsp3) is 0.318. The average molecular weight is 467 g/mol. The Labute approximate surface area is 194 Å². The van der Waals surface area contributed by atoms with Gasteiger partial charge in [-0.2, -0.15) is 14.4 Å². The van der Waals surface area contributed by atoms with Crippen LogP contribution in [0.25, 0.3) is 0 Å². The fourth-order valence-electron chi connectivity index (χ4n) is 3.54. The summed E-state index contributed by atoms with van der Waals surface area (Å²) in [6.45, 7) is 6.29. The number of halogens is 1. The van der Waals surface area contributed by atoms with Gasteiger partial charge < -0.3 is 25.0 Å². The second-order valence-corrected chi connectivity index (χ2v) is 8.35. The monoisotopic (exact) mass is 467 g/mol. The van der Waals surface area contributed by atoms with E-state index in [2.05, 4.69) is 35.5 Å². The first-order valence-corrected chi connectivity index (χ1v) is 10.8. The van der Waals surface area contributed by atoms with Crippen molar-refractivity contribution in [2.24, 2.45) is 0 Å². The van der Waals surface area contributed by atoms with E-state index in [0.717, 1.165) is 25.1 Å². The number of nitrogens with two attached hydrogens (primary N) is 1. The van der Waals surface area contributed by atoms with Crippen molar-refractivity contribution in [3.63, 3.8) is 0 Å². The van der Waals surface area contributed by atoms with Crippen LogP contribution < -0.4 is 25.6 Å². The van der Waals surface area contributed by atoms with E-state index < -0.39 is 11.4 Å². The van der Waals surface area contributed by atoms with Crippen LogP contribution in [0.15, 0.2) is 36.7 Å². The summed E-state index contributed by atoms with van der Waals surface area (Å²) in [6.07, 6.45) is 2.76. The number of anilines is 4.